The molecular weight excluding hydrogens is 254 g/mol. The van der Waals surface area contributed by atoms with Gasteiger partial charge >= 0.3 is 0 Å². The number of phenolic OH excluding ortho intramolecular Hbond substituents is 1. The van der Waals surface area contributed by atoms with E-state index in [2.05, 4.69) is 18.0 Å². The molecule has 0 fully saturated rings. The first-order valence-corrected chi connectivity index (χ1v) is 7.18. The molecule has 106 valence electrons. The van der Waals surface area contributed by atoms with Crippen molar-refractivity contribution in [2.45, 2.75) is 37.0 Å². The first-order chi connectivity index (χ1) is 9.60. The number of phenols is 1. The molecule has 4 heteroatoms. The van der Waals surface area contributed by atoms with Crippen LogP contribution in [0.3, 0.4) is 0 Å². The van der Waals surface area contributed by atoms with E-state index in [0.29, 0.717) is 12.2 Å². The molecule has 3 aliphatic rings. The van der Waals surface area contributed by atoms with Gasteiger partial charge in [-0.15, -0.1) is 0 Å². The molecule has 1 aromatic rings. The first-order valence-electron chi connectivity index (χ1n) is 7.18. The normalized spacial score (nSPS) is 35.1. The maximum Gasteiger partial charge on any atom is 0.165 e. The van der Waals surface area contributed by atoms with Crippen LogP contribution < -0.4 is 4.74 Å². The molecule has 1 aliphatic carbocycles. The Morgan fingerprint density at radius 1 is 1.40 bits per heavy atom. The number of aliphatic hydroxyl groups excluding tert-OH is 1. The lowest BCUT2D eigenvalue weighted by Crippen LogP contribution is -2.42. The lowest BCUT2D eigenvalue weighted by Gasteiger charge is -2.35. The molecule has 0 aromatic heterocycles. The summed E-state index contributed by atoms with van der Waals surface area (Å²) in [4.78, 5) is 2.30. The Kier molecular flexibility index (Phi) is 2.44. The molecule has 3 atom stereocenters. The predicted molar refractivity (Wildman–Crippen MR) is 74.9 cm³/mol. The zero-order valence-electron chi connectivity index (χ0n) is 11.5. The van der Waals surface area contributed by atoms with Gasteiger partial charge in [0, 0.05) is 18.5 Å². The molecule has 2 N–H and O–H groups in total. The average molecular weight is 273 g/mol. The lowest BCUT2D eigenvalue weighted by molar-refractivity contribution is 0.0822. The number of rotatable bonds is 0. The van der Waals surface area contributed by atoms with Crippen LogP contribution in [0, 0.1) is 0 Å². The Labute approximate surface area is 118 Å². The van der Waals surface area contributed by atoms with Crippen LogP contribution in [0.1, 0.15) is 24.0 Å². The van der Waals surface area contributed by atoms with Crippen molar-refractivity contribution in [3.8, 4) is 11.5 Å². The minimum atomic E-state index is -0.452. The lowest BCUT2D eigenvalue weighted by atomic mass is 9.69. The highest BCUT2D eigenvalue weighted by Crippen LogP contribution is 2.55. The molecular formula is C16H19NO3. The van der Waals surface area contributed by atoms with Crippen LogP contribution in [0.15, 0.2) is 24.3 Å². The molecule has 1 spiro atoms. The van der Waals surface area contributed by atoms with Gasteiger partial charge in [-0.1, -0.05) is 18.2 Å². The van der Waals surface area contributed by atoms with Gasteiger partial charge in [0.1, 0.15) is 6.10 Å². The molecule has 4 nitrogen and oxygen atoms in total. The van der Waals surface area contributed by atoms with Crippen LogP contribution in [0.2, 0.25) is 0 Å². The van der Waals surface area contributed by atoms with E-state index in [0.717, 1.165) is 25.1 Å². The third-order valence-corrected chi connectivity index (χ3v) is 4.94. The van der Waals surface area contributed by atoms with Crippen molar-refractivity contribution >= 4 is 0 Å². The van der Waals surface area contributed by atoms with Gasteiger partial charge in [0.05, 0.1) is 11.5 Å². The van der Waals surface area contributed by atoms with Crippen molar-refractivity contribution in [2.24, 2.45) is 0 Å². The Balaban J connectivity index is 1.96. The molecule has 4 rings (SSSR count). The van der Waals surface area contributed by atoms with E-state index >= 15 is 0 Å². The maximum atomic E-state index is 10.1. The number of aromatic hydroxyl groups is 1. The number of nitrogens with zero attached hydrogens (tertiary/aromatic N) is 1. The van der Waals surface area contributed by atoms with Crippen LogP contribution in [0.4, 0.5) is 0 Å². The molecule has 0 amide bonds. The Bertz CT molecular complexity index is 598. The van der Waals surface area contributed by atoms with Crippen LogP contribution in [-0.4, -0.2) is 40.9 Å². The second kappa shape index (κ2) is 3.99. The van der Waals surface area contributed by atoms with Crippen LogP contribution in [0.25, 0.3) is 0 Å². The van der Waals surface area contributed by atoms with E-state index < -0.39 is 6.10 Å². The van der Waals surface area contributed by atoms with Crippen molar-refractivity contribution in [3.05, 3.63) is 35.4 Å². The van der Waals surface area contributed by atoms with Crippen molar-refractivity contribution in [1.29, 1.82) is 0 Å². The van der Waals surface area contributed by atoms with Gasteiger partial charge in [0.25, 0.3) is 0 Å². The van der Waals surface area contributed by atoms with Gasteiger partial charge in [0.15, 0.2) is 11.5 Å². The quantitative estimate of drug-likeness (QED) is 0.704. The summed E-state index contributed by atoms with van der Waals surface area (Å²) in [7, 11) is 2.12. The minimum absolute atomic E-state index is 0.0731. The van der Waals surface area contributed by atoms with Gasteiger partial charge < -0.3 is 19.8 Å². The SMILES string of the molecule is CN1CC[C@@]23C=CC(O)C[C@@H]2Oc2c(O)ccc(c23)C1. The molecule has 0 radical (unpaired) electrons. The van der Waals surface area contributed by atoms with Crippen molar-refractivity contribution < 1.29 is 14.9 Å². The number of ether oxygens (including phenoxy) is 1. The van der Waals surface area contributed by atoms with Crippen LogP contribution in [-0.2, 0) is 12.0 Å². The highest BCUT2D eigenvalue weighted by Gasteiger charge is 2.52. The van der Waals surface area contributed by atoms with Crippen LogP contribution in [0.5, 0.6) is 11.5 Å². The highest BCUT2D eigenvalue weighted by molar-refractivity contribution is 5.60. The minimum Gasteiger partial charge on any atom is -0.504 e. The zero-order valence-corrected chi connectivity index (χ0v) is 11.5. The smallest absolute Gasteiger partial charge is 0.165 e. The van der Waals surface area contributed by atoms with Crippen molar-refractivity contribution in [1.82, 2.24) is 4.90 Å². The summed E-state index contributed by atoms with van der Waals surface area (Å²) in [6.45, 7) is 1.85. The summed E-state index contributed by atoms with van der Waals surface area (Å²) >= 11 is 0. The summed E-state index contributed by atoms with van der Waals surface area (Å²) in [6, 6.07) is 3.72. The Hall–Kier alpha value is -1.52. The zero-order chi connectivity index (χ0) is 13.9. The molecule has 1 unspecified atom stereocenters. The van der Waals surface area contributed by atoms with Gasteiger partial charge in [0.2, 0.25) is 0 Å². The fourth-order valence-electron chi connectivity index (χ4n) is 3.93. The van der Waals surface area contributed by atoms with E-state index in [1.165, 1.54) is 5.56 Å². The average Bonchev–Trinajstić information content (AvgIpc) is 2.68. The number of benzene rings is 1. The largest absolute Gasteiger partial charge is 0.504 e. The molecule has 0 saturated heterocycles. The molecule has 1 aromatic carbocycles. The number of hydrogen-bond donors (Lipinski definition) is 2. The van der Waals surface area contributed by atoms with Crippen molar-refractivity contribution in [3.63, 3.8) is 0 Å². The van der Waals surface area contributed by atoms with E-state index in [4.69, 9.17) is 4.74 Å². The number of hydrogen-bond acceptors (Lipinski definition) is 4. The maximum absolute atomic E-state index is 10.1. The molecule has 0 bridgehead atoms. The summed E-state index contributed by atoms with van der Waals surface area (Å²) in [5, 5.41) is 20.0. The number of aliphatic hydroxyl groups is 1. The predicted octanol–water partition coefficient (Wildman–Crippen LogP) is 1.55. The second-order valence-corrected chi connectivity index (χ2v) is 6.24. The summed E-state index contributed by atoms with van der Waals surface area (Å²) in [6.07, 6.45) is 5.02. The Morgan fingerprint density at radius 3 is 3.10 bits per heavy atom. The topological polar surface area (TPSA) is 52.9 Å². The highest BCUT2D eigenvalue weighted by atomic mass is 16.5. The monoisotopic (exact) mass is 273 g/mol. The molecule has 2 aliphatic heterocycles. The molecule has 2 heterocycles. The summed E-state index contributed by atoms with van der Waals surface area (Å²) in [5.41, 5.74) is 2.17. The van der Waals surface area contributed by atoms with Crippen molar-refractivity contribution in [2.75, 3.05) is 13.6 Å². The van der Waals surface area contributed by atoms with E-state index in [1.54, 1.807) is 6.07 Å². The van der Waals surface area contributed by atoms with Crippen LogP contribution >= 0.6 is 0 Å². The summed E-state index contributed by atoms with van der Waals surface area (Å²) < 4.78 is 6.04. The third-order valence-electron chi connectivity index (χ3n) is 4.94. The second-order valence-electron chi connectivity index (χ2n) is 6.24. The third kappa shape index (κ3) is 1.49. The van der Waals surface area contributed by atoms with E-state index in [1.807, 2.05) is 12.1 Å². The summed E-state index contributed by atoms with van der Waals surface area (Å²) in [5.74, 6) is 0.839. The van der Waals surface area contributed by atoms with Gasteiger partial charge in [-0.25, -0.2) is 0 Å². The fourth-order valence-corrected chi connectivity index (χ4v) is 3.93. The van der Waals surface area contributed by atoms with E-state index in [9.17, 15) is 10.2 Å². The molecule has 20 heavy (non-hydrogen) atoms. The van der Waals surface area contributed by atoms with E-state index in [-0.39, 0.29) is 17.3 Å². The fraction of sp³-hybridized carbons (Fsp3) is 0.500. The van der Waals surface area contributed by atoms with Gasteiger partial charge in [-0.05, 0) is 31.6 Å². The standard InChI is InChI=1S/C16H19NO3/c1-17-7-6-16-5-4-11(18)8-13(16)20-15-12(19)3-2-10(9-17)14(15)16/h2-5,11,13,18-19H,6-9H2,1H3/t11?,13-,16-/m0/s1. The van der Waals surface area contributed by atoms with Gasteiger partial charge in [-0.3, -0.25) is 0 Å². The first kappa shape index (κ1) is 12.2. The molecule has 0 saturated carbocycles. The van der Waals surface area contributed by atoms with Gasteiger partial charge in [-0.2, -0.15) is 0 Å². The Morgan fingerprint density at radius 2 is 2.25 bits per heavy atom.